The van der Waals surface area contributed by atoms with E-state index in [1.165, 1.54) is 0 Å². The summed E-state index contributed by atoms with van der Waals surface area (Å²) in [7, 11) is 0. The Morgan fingerprint density at radius 1 is 1.64 bits per heavy atom. The Kier molecular flexibility index (Phi) is 2.50. The van der Waals surface area contributed by atoms with Crippen LogP contribution in [0.1, 0.15) is 11.3 Å². The molecule has 1 aromatic rings. The smallest absolute Gasteiger partial charge is 0.102 e. The van der Waals surface area contributed by atoms with Crippen molar-refractivity contribution < 1.29 is 0 Å². The van der Waals surface area contributed by atoms with Crippen LogP contribution in [0.15, 0.2) is 17.2 Å². The summed E-state index contributed by atoms with van der Waals surface area (Å²) in [6.07, 6.45) is 3.68. The second-order valence-electron chi connectivity index (χ2n) is 2.09. The summed E-state index contributed by atoms with van der Waals surface area (Å²) < 4.78 is 0. The zero-order valence-electron chi connectivity index (χ0n) is 6.46. The van der Waals surface area contributed by atoms with E-state index in [0.29, 0.717) is 5.56 Å². The lowest BCUT2D eigenvalue weighted by Gasteiger charge is -2.00. The first-order chi connectivity index (χ1) is 5.29. The number of aryl methyl sites for hydroxylation is 1. The normalized spacial score (nSPS) is 9.18. The Morgan fingerprint density at radius 3 is 2.82 bits per heavy atom. The molecule has 0 radical (unpaired) electrons. The van der Waals surface area contributed by atoms with Crippen LogP contribution >= 0.6 is 11.8 Å². The first kappa shape index (κ1) is 8.09. The van der Waals surface area contributed by atoms with Gasteiger partial charge in [0, 0.05) is 11.1 Å². The van der Waals surface area contributed by atoms with Crippen molar-refractivity contribution in [1.82, 2.24) is 4.98 Å². The lowest BCUT2D eigenvalue weighted by atomic mass is 10.2. The van der Waals surface area contributed by atoms with Crippen LogP contribution in [0.4, 0.5) is 0 Å². The Hall–Kier alpha value is -1.01. The molecule has 11 heavy (non-hydrogen) atoms. The third kappa shape index (κ3) is 1.52. The van der Waals surface area contributed by atoms with Crippen LogP contribution in [0.3, 0.4) is 0 Å². The summed E-state index contributed by atoms with van der Waals surface area (Å²) in [5, 5.41) is 8.73. The molecule has 0 aromatic carbocycles. The molecule has 0 amide bonds. The molecule has 0 unspecified atom stereocenters. The Labute approximate surface area is 70.3 Å². The highest BCUT2D eigenvalue weighted by molar-refractivity contribution is 7.98. The monoisotopic (exact) mass is 164 g/mol. The standard InChI is InChI=1S/C8H8N2S/c1-6-7(5-9)8(11-2)3-4-10-6/h3-4H,1-2H3. The van der Waals surface area contributed by atoms with Gasteiger partial charge in [-0.2, -0.15) is 5.26 Å². The van der Waals surface area contributed by atoms with Gasteiger partial charge in [0.25, 0.3) is 0 Å². The maximum Gasteiger partial charge on any atom is 0.102 e. The summed E-state index contributed by atoms with van der Waals surface area (Å²) in [6, 6.07) is 3.99. The molecule has 0 fully saturated rings. The van der Waals surface area contributed by atoms with Crippen molar-refractivity contribution in [3.05, 3.63) is 23.5 Å². The van der Waals surface area contributed by atoms with Crippen LogP contribution in [0.5, 0.6) is 0 Å². The van der Waals surface area contributed by atoms with Gasteiger partial charge >= 0.3 is 0 Å². The zero-order valence-corrected chi connectivity index (χ0v) is 7.27. The van der Waals surface area contributed by atoms with Gasteiger partial charge in [-0.15, -0.1) is 11.8 Å². The summed E-state index contributed by atoms with van der Waals surface area (Å²) in [5.41, 5.74) is 1.50. The van der Waals surface area contributed by atoms with E-state index in [9.17, 15) is 0 Å². The topological polar surface area (TPSA) is 36.7 Å². The number of pyridine rings is 1. The number of nitrogens with zero attached hydrogens (tertiary/aromatic N) is 2. The molecule has 0 aliphatic carbocycles. The number of hydrogen-bond donors (Lipinski definition) is 0. The fourth-order valence-electron chi connectivity index (χ4n) is 0.849. The minimum absolute atomic E-state index is 0.694. The van der Waals surface area contributed by atoms with Crippen LogP contribution in [0, 0.1) is 18.3 Å². The highest BCUT2D eigenvalue weighted by atomic mass is 32.2. The van der Waals surface area contributed by atoms with E-state index >= 15 is 0 Å². The molecular formula is C8H8N2S. The van der Waals surface area contributed by atoms with Crippen molar-refractivity contribution in [1.29, 1.82) is 5.26 Å². The number of nitriles is 1. The lowest BCUT2D eigenvalue weighted by Crippen LogP contribution is -1.88. The van der Waals surface area contributed by atoms with Crippen molar-refractivity contribution in [2.75, 3.05) is 6.26 Å². The van der Waals surface area contributed by atoms with Gasteiger partial charge in [0.1, 0.15) is 6.07 Å². The van der Waals surface area contributed by atoms with Crippen LogP contribution in [-0.4, -0.2) is 11.2 Å². The highest BCUT2D eigenvalue weighted by Crippen LogP contribution is 2.20. The largest absolute Gasteiger partial charge is 0.260 e. The fourth-order valence-corrected chi connectivity index (χ4v) is 1.44. The molecule has 1 aromatic heterocycles. The van der Waals surface area contributed by atoms with Crippen molar-refractivity contribution in [3.63, 3.8) is 0 Å². The third-order valence-corrected chi connectivity index (χ3v) is 2.21. The van der Waals surface area contributed by atoms with Crippen LogP contribution < -0.4 is 0 Å². The average molecular weight is 164 g/mol. The number of hydrogen-bond acceptors (Lipinski definition) is 3. The van der Waals surface area contributed by atoms with Gasteiger partial charge in [0.15, 0.2) is 0 Å². The molecule has 0 atom stereocenters. The molecule has 0 aliphatic rings. The quantitative estimate of drug-likeness (QED) is 0.595. The van der Waals surface area contributed by atoms with E-state index in [1.807, 2.05) is 19.2 Å². The molecule has 0 aliphatic heterocycles. The molecule has 0 saturated carbocycles. The fraction of sp³-hybridized carbons (Fsp3) is 0.250. The molecule has 0 N–H and O–H groups in total. The summed E-state index contributed by atoms with van der Waals surface area (Å²) in [5.74, 6) is 0. The van der Waals surface area contributed by atoms with Gasteiger partial charge in [-0.1, -0.05) is 0 Å². The molecule has 0 saturated heterocycles. The van der Waals surface area contributed by atoms with Crippen molar-refractivity contribution in [3.8, 4) is 6.07 Å². The molecule has 0 spiro atoms. The summed E-state index contributed by atoms with van der Waals surface area (Å²) in [6.45, 7) is 1.85. The Balaban J connectivity index is 3.27. The van der Waals surface area contributed by atoms with E-state index in [0.717, 1.165) is 10.6 Å². The SMILES string of the molecule is CSc1ccnc(C)c1C#N. The molecule has 1 rings (SSSR count). The van der Waals surface area contributed by atoms with E-state index in [-0.39, 0.29) is 0 Å². The molecule has 0 bridgehead atoms. The predicted octanol–water partition coefficient (Wildman–Crippen LogP) is 1.98. The van der Waals surface area contributed by atoms with Crippen LogP contribution in [-0.2, 0) is 0 Å². The van der Waals surface area contributed by atoms with Gasteiger partial charge in [-0.3, -0.25) is 4.98 Å². The average Bonchev–Trinajstić information content (AvgIpc) is 2.04. The lowest BCUT2D eigenvalue weighted by molar-refractivity contribution is 1.13. The molecule has 2 nitrogen and oxygen atoms in total. The maximum absolute atomic E-state index is 8.73. The second-order valence-corrected chi connectivity index (χ2v) is 2.93. The van der Waals surface area contributed by atoms with Gasteiger partial charge in [-0.05, 0) is 19.2 Å². The van der Waals surface area contributed by atoms with Gasteiger partial charge in [0.05, 0.1) is 11.3 Å². The molecule has 3 heteroatoms. The van der Waals surface area contributed by atoms with Crippen molar-refractivity contribution in [2.24, 2.45) is 0 Å². The van der Waals surface area contributed by atoms with E-state index < -0.39 is 0 Å². The van der Waals surface area contributed by atoms with E-state index in [2.05, 4.69) is 11.1 Å². The van der Waals surface area contributed by atoms with Gasteiger partial charge < -0.3 is 0 Å². The van der Waals surface area contributed by atoms with Crippen molar-refractivity contribution in [2.45, 2.75) is 11.8 Å². The maximum atomic E-state index is 8.73. The Bertz CT molecular complexity index is 301. The first-order valence-electron chi connectivity index (χ1n) is 3.19. The van der Waals surface area contributed by atoms with Gasteiger partial charge in [-0.25, -0.2) is 0 Å². The van der Waals surface area contributed by atoms with E-state index in [1.54, 1.807) is 18.0 Å². The van der Waals surface area contributed by atoms with Gasteiger partial charge in [0.2, 0.25) is 0 Å². The minimum atomic E-state index is 0.694. The molecule has 56 valence electrons. The summed E-state index contributed by atoms with van der Waals surface area (Å²) >= 11 is 1.57. The number of thioether (sulfide) groups is 1. The summed E-state index contributed by atoms with van der Waals surface area (Å²) in [4.78, 5) is 5.02. The molecule has 1 heterocycles. The zero-order chi connectivity index (χ0) is 8.27. The highest BCUT2D eigenvalue weighted by Gasteiger charge is 2.02. The second kappa shape index (κ2) is 3.40. The van der Waals surface area contributed by atoms with Crippen LogP contribution in [0.25, 0.3) is 0 Å². The number of aromatic nitrogens is 1. The minimum Gasteiger partial charge on any atom is -0.260 e. The first-order valence-corrected chi connectivity index (χ1v) is 4.41. The van der Waals surface area contributed by atoms with Crippen LogP contribution in [0.2, 0.25) is 0 Å². The molecular weight excluding hydrogens is 156 g/mol. The Morgan fingerprint density at radius 2 is 2.36 bits per heavy atom. The predicted molar refractivity (Wildman–Crippen MR) is 45.5 cm³/mol. The third-order valence-electron chi connectivity index (χ3n) is 1.43. The van der Waals surface area contributed by atoms with Crippen molar-refractivity contribution >= 4 is 11.8 Å². The number of rotatable bonds is 1. The van der Waals surface area contributed by atoms with E-state index in [4.69, 9.17) is 5.26 Å².